The van der Waals surface area contributed by atoms with Crippen LogP contribution in [0.1, 0.15) is 57.6 Å². The second-order valence-corrected chi connectivity index (χ2v) is 7.72. The summed E-state index contributed by atoms with van der Waals surface area (Å²) < 4.78 is 0. The van der Waals surface area contributed by atoms with Crippen molar-refractivity contribution in [1.29, 1.82) is 0 Å². The van der Waals surface area contributed by atoms with Crippen molar-refractivity contribution >= 4 is 5.91 Å². The summed E-state index contributed by atoms with van der Waals surface area (Å²) in [6.07, 6.45) is 4.08. The molecule has 1 amide bonds. The van der Waals surface area contributed by atoms with Crippen molar-refractivity contribution in [2.24, 2.45) is 11.7 Å². The lowest BCUT2D eigenvalue weighted by atomic mass is 9.74. The van der Waals surface area contributed by atoms with Crippen molar-refractivity contribution in [1.82, 2.24) is 5.32 Å². The third-order valence-electron chi connectivity index (χ3n) is 5.15. The van der Waals surface area contributed by atoms with Gasteiger partial charge in [0.25, 0.3) is 0 Å². The molecule has 0 aromatic heterocycles. The van der Waals surface area contributed by atoms with Gasteiger partial charge < -0.3 is 11.1 Å². The van der Waals surface area contributed by atoms with Crippen LogP contribution in [0.4, 0.5) is 0 Å². The zero-order valence-electron chi connectivity index (χ0n) is 14.4. The second kappa shape index (κ2) is 6.41. The first kappa shape index (κ1) is 17.0. The summed E-state index contributed by atoms with van der Waals surface area (Å²) in [6, 6.07) is 8.38. The van der Waals surface area contributed by atoms with Gasteiger partial charge in [0.15, 0.2) is 0 Å². The van der Waals surface area contributed by atoms with Gasteiger partial charge in [-0.3, -0.25) is 4.79 Å². The summed E-state index contributed by atoms with van der Waals surface area (Å²) in [5, 5.41) is 3.16. The monoisotopic (exact) mass is 302 g/mol. The zero-order chi connectivity index (χ0) is 16.4. The predicted octanol–water partition coefficient (Wildman–Crippen LogP) is 3.30. The Hall–Kier alpha value is -1.35. The van der Waals surface area contributed by atoms with Gasteiger partial charge in [0.2, 0.25) is 5.91 Å². The van der Waals surface area contributed by atoms with Gasteiger partial charge in [-0.05, 0) is 37.8 Å². The molecule has 1 aromatic rings. The molecule has 0 bridgehead atoms. The summed E-state index contributed by atoms with van der Waals surface area (Å²) in [7, 11) is 0. The van der Waals surface area contributed by atoms with Crippen molar-refractivity contribution < 1.29 is 4.79 Å². The number of hydrogen-bond acceptors (Lipinski definition) is 2. The molecule has 122 valence electrons. The Balaban J connectivity index is 2.02. The molecule has 1 aliphatic rings. The van der Waals surface area contributed by atoms with E-state index < -0.39 is 0 Å². The molecule has 3 nitrogen and oxygen atoms in total. The maximum absolute atomic E-state index is 12.6. The van der Waals surface area contributed by atoms with E-state index in [9.17, 15) is 4.79 Å². The lowest BCUT2D eigenvalue weighted by molar-refractivity contribution is -0.128. The first-order chi connectivity index (χ1) is 10.2. The molecule has 2 atom stereocenters. The van der Waals surface area contributed by atoms with Crippen LogP contribution in [0.2, 0.25) is 0 Å². The van der Waals surface area contributed by atoms with Crippen LogP contribution in [0.3, 0.4) is 0 Å². The van der Waals surface area contributed by atoms with E-state index in [2.05, 4.69) is 50.4 Å². The molecule has 3 N–H and O–H groups in total. The number of amides is 1. The Morgan fingerprint density at radius 3 is 2.68 bits per heavy atom. The summed E-state index contributed by atoms with van der Waals surface area (Å²) in [6.45, 7) is 9.14. The minimum absolute atomic E-state index is 0.0612. The minimum Gasteiger partial charge on any atom is -0.355 e. The van der Waals surface area contributed by atoms with Crippen molar-refractivity contribution in [2.75, 3.05) is 6.54 Å². The lowest BCUT2D eigenvalue weighted by Crippen LogP contribution is -2.54. The zero-order valence-corrected chi connectivity index (χ0v) is 14.4. The number of rotatable bonds is 4. The van der Waals surface area contributed by atoms with Gasteiger partial charge in [0, 0.05) is 17.5 Å². The largest absolute Gasteiger partial charge is 0.355 e. The molecule has 0 spiro atoms. The number of carbonyl (C=O) groups excluding carboxylic acids is 1. The molecule has 0 saturated heterocycles. The Morgan fingerprint density at radius 2 is 2.05 bits per heavy atom. The number of nitrogens with two attached hydrogens (primary N) is 1. The van der Waals surface area contributed by atoms with Crippen LogP contribution in [0, 0.1) is 12.8 Å². The molecule has 1 aliphatic carbocycles. The highest BCUT2D eigenvalue weighted by atomic mass is 16.1. The summed E-state index contributed by atoms with van der Waals surface area (Å²) in [5.41, 5.74) is 8.44. The van der Waals surface area contributed by atoms with E-state index in [1.54, 1.807) is 0 Å². The van der Waals surface area contributed by atoms with E-state index in [0.717, 1.165) is 25.7 Å². The maximum atomic E-state index is 12.6. The quantitative estimate of drug-likeness (QED) is 0.896. The number of aryl methyl sites for hydroxylation is 1. The summed E-state index contributed by atoms with van der Waals surface area (Å²) in [4.78, 5) is 12.6. The molecule has 1 saturated carbocycles. The first-order valence-electron chi connectivity index (χ1n) is 8.37. The fraction of sp³-hybridized carbons (Fsp3) is 0.632. The van der Waals surface area contributed by atoms with Crippen molar-refractivity contribution in [3.05, 3.63) is 35.4 Å². The van der Waals surface area contributed by atoms with Crippen LogP contribution in [0.25, 0.3) is 0 Å². The van der Waals surface area contributed by atoms with E-state index in [1.165, 1.54) is 11.1 Å². The summed E-state index contributed by atoms with van der Waals surface area (Å²) in [5.74, 6) is 0.0558. The summed E-state index contributed by atoms with van der Waals surface area (Å²) >= 11 is 0. The van der Waals surface area contributed by atoms with E-state index in [1.807, 2.05) is 6.92 Å². The number of benzene rings is 1. The average Bonchev–Trinajstić information content (AvgIpc) is 2.44. The van der Waals surface area contributed by atoms with Crippen molar-refractivity contribution in [3.63, 3.8) is 0 Å². The molecule has 2 unspecified atom stereocenters. The van der Waals surface area contributed by atoms with E-state index in [-0.39, 0.29) is 22.8 Å². The van der Waals surface area contributed by atoms with E-state index in [4.69, 9.17) is 5.73 Å². The SMILES string of the molecule is Cc1ccccc1C(C)(C)CNC(=O)C1CCCCC1(C)N. The molecule has 2 rings (SSSR count). The Kier molecular flexibility index (Phi) is 4.96. The Morgan fingerprint density at radius 1 is 1.36 bits per heavy atom. The van der Waals surface area contributed by atoms with Gasteiger partial charge in [0.05, 0.1) is 5.92 Å². The molecule has 22 heavy (non-hydrogen) atoms. The fourth-order valence-corrected chi connectivity index (χ4v) is 3.65. The third kappa shape index (κ3) is 3.70. The van der Waals surface area contributed by atoms with E-state index >= 15 is 0 Å². The molecular formula is C19H30N2O. The van der Waals surface area contributed by atoms with E-state index in [0.29, 0.717) is 6.54 Å². The first-order valence-corrected chi connectivity index (χ1v) is 8.37. The lowest BCUT2D eigenvalue weighted by Gasteiger charge is -2.38. The van der Waals surface area contributed by atoms with Crippen LogP contribution in [0.5, 0.6) is 0 Å². The Bertz CT molecular complexity index is 534. The highest BCUT2D eigenvalue weighted by Gasteiger charge is 2.38. The number of nitrogens with one attached hydrogen (secondary N) is 1. The second-order valence-electron chi connectivity index (χ2n) is 7.72. The van der Waals surface area contributed by atoms with Crippen molar-refractivity contribution in [3.8, 4) is 0 Å². The maximum Gasteiger partial charge on any atom is 0.224 e. The highest BCUT2D eigenvalue weighted by Crippen LogP contribution is 2.32. The van der Waals surface area contributed by atoms with Crippen molar-refractivity contribution in [2.45, 2.75) is 64.3 Å². The van der Waals surface area contributed by atoms with Crippen LogP contribution < -0.4 is 11.1 Å². The number of carbonyl (C=O) groups is 1. The highest BCUT2D eigenvalue weighted by molar-refractivity contribution is 5.80. The van der Waals surface area contributed by atoms with Gasteiger partial charge in [0.1, 0.15) is 0 Å². The molecule has 0 aliphatic heterocycles. The van der Waals surface area contributed by atoms with Gasteiger partial charge in [-0.15, -0.1) is 0 Å². The van der Waals surface area contributed by atoms with Crippen LogP contribution >= 0.6 is 0 Å². The van der Waals surface area contributed by atoms with Crippen LogP contribution in [0.15, 0.2) is 24.3 Å². The normalized spacial score (nSPS) is 25.8. The molecule has 0 heterocycles. The molecular weight excluding hydrogens is 272 g/mol. The van der Waals surface area contributed by atoms with Gasteiger partial charge in [-0.25, -0.2) is 0 Å². The van der Waals surface area contributed by atoms with Gasteiger partial charge >= 0.3 is 0 Å². The number of hydrogen-bond donors (Lipinski definition) is 2. The molecule has 1 fully saturated rings. The molecule has 0 radical (unpaired) electrons. The smallest absolute Gasteiger partial charge is 0.224 e. The topological polar surface area (TPSA) is 55.1 Å². The fourth-order valence-electron chi connectivity index (χ4n) is 3.65. The molecule has 1 aromatic carbocycles. The predicted molar refractivity (Wildman–Crippen MR) is 91.8 cm³/mol. The Labute approximate surface area is 134 Å². The average molecular weight is 302 g/mol. The minimum atomic E-state index is -0.366. The van der Waals surface area contributed by atoms with Crippen LogP contribution in [-0.4, -0.2) is 18.0 Å². The molecule has 3 heteroatoms. The standard InChI is InChI=1S/C19H30N2O/c1-14-9-5-6-10-15(14)18(2,3)13-21-17(22)16-11-7-8-12-19(16,4)20/h5-6,9-10,16H,7-8,11-13,20H2,1-4H3,(H,21,22). The van der Waals surface area contributed by atoms with Crippen LogP contribution in [-0.2, 0) is 10.2 Å². The third-order valence-corrected chi connectivity index (χ3v) is 5.15. The van der Waals surface area contributed by atoms with Gasteiger partial charge in [-0.2, -0.15) is 0 Å². The van der Waals surface area contributed by atoms with Gasteiger partial charge in [-0.1, -0.05) is 51.0 Å².